The lowest BCUT2D eigenvalue weighted by Crippen LogP contribution is -2.18. The third kappa shape index (κ3) is 5.49. The van der Waals surface area contributed by atoms with Crippen molar-refractivity contribution >= 4 is 40.9 Å². The number of phenols is 2. The number of hydrogen-bond donors (Lipinski definition) is 4. The van der Waals surface area contributed by atoms with E-state index in [4.69, 9.17) is 17.0 Å². The molecule has 0 atom stereocenters. The van der Waals surface area contributed by atoms with Gasteiger partial charge in [0, 0.05) is 17.4 Å². The first kappa shape index (κ1) is 19.3. The molecule has 0 saturated carbocycles. The summed E-state index contributed by atoms with van der Waals surface area (Å²) in [5, 5.41) is 25.8. The molecule has 28 heavy (non-hydrogen) atoms. The molecule has 142 valence electrons. The first-order chi connectivity index (χ1) is 13.5. The minimum Gasteiger partial charge on any atom is -0.508 e. The summed E-state index contributed by atoms with van der Waals surface area (Å²) in [6.45, 7) is 0. The summed E-state index contributed by atoms with van der Waals surface area (Å²) in [7, 11) is 1.63. The summed E-state index contributed by atoms with van der Waals surface area (Å²) in [5.74, 6) is 0.836. The van der Waals surface area contributed by atoms with Crippen LogP contribution in [0.25, 0.3) is 12.2 Å². The van der Waals surface area contributed by atoms with E-state index in [0.717, 1.165) is 22.7 Å². The molecule has 3 aromatic carbocycles. The molecule has 0 spiro atoms. The molecule has 0 aliphatic carbocycles. The van der Waals surface area contributed by atoms with E-state index >= 15 is 0 Å². The summed E-state index contributed by atoms with van der Waals surface area (Å²) < 4.78 is 5.13. The quantitative estimate of drug-likeness (QED) is 0.358. The van der Waals surface area contributed by atoms with Crippen LogP contribution in [0, 0.1) is 0 Å². The van der Waals surface area contributed by atoms with Crippen LogP contribution in [-0.2, 0) is 0 Å². The Labute approximate surface area is 168 Å². The number of benzene rings is 3. The second kappa shape index (κ2) is 8.92. The molecular formula is C22H20N2O3S. The SMILES string of the molecule is COc1ccc(NC(=S)Nc2ccc(/C=C/c3cc(O)cc(O)c3)cc2)cc1. The van der Waals surface area contributed by atoms with E-state index in [1.165, 1.54) is 6.07 Å². The molecule has 0 aliphatic heterocycles. The van der Waals surface area contributed by atoms with Gasteiger partial charge in [-0.25, -0.2) is 0 Å². The zero-order valence-corrected chi connectivity index (χ0v) is 16.0. The monoisotopic (exact) mass is 392 g/mol. The van der Waals surface area contributed by atoms with Gasteiger partial charge in [0.15, 0.2) is 5.11 Å². The fourth-order valence-electron chi connectivity index (χ4n) is 2.55. The van der Waals surface area contributed by atoms with Gasteiger partial charge in [-0.1, -0.05) is 24.3 Å². The Morgan fingerprint density at radius 2 is 1.29 bits per heavy atom. The number of phenolic OH excluding ortho intramolecular Hbond substituents is 2. The number of ether oxygens (including phenoxy) is 1. The molecule has 6 heteroatoms. The first-order valence-corrected chi connectivity index (χ1v) is 8.96. The third-order valence-electron chi connectivity index (χ3n) is 3.91. The topological polar surface area (TPSA) is 73.8 Å². The minimum atomic E-state index is 0.0251. The number of methoxy groups -OCH3 is 1. The molecular weight excluding hydrogens is 372 g/mol. The van der Waals surface area contributed by atoms with E-state index in [2.05, 4.69) is 10.6 Å². The van der Waals surface area contributed by atoms with Gasteiger partial charge in [-0.15, -0.1) is 0 Å². The Kier molecular flexibility index (Phi) is 6.14. The van der Waals surface area contributed by atoms with Crippen molar-refractivity contribution in [3.8, 4) is 17.2 Å². The van der Waals surface area contributed by atoms with Gasteiger partial charge in [-0.05, 0) is 71.9 Å². The number of aromatic hydroxyl groups is 2. The molecule has 0 aliphatic rings. The van der Waals surface area contributed by atoms with Gasteiger partial charge >= 0.3 is 0 Å². The molecule has 4 N–H and O–H groups in total. The molecule has 0 saturated heterocycles. The standard InChI is InChI=1S/C22H20N2O3S/c1-27-21-10-8-18(9-11-21)24-22(28)23-17-6-4-15(5-7-17)2-3-16-12-19(25)14-20(26)13-16/h2-14,25-26H,1H3,(H2,23,24,28)/b3-2+. The van der Waals surface area contributed by atoms with Crippen LogP contribution in [0.15, 0.2) is 66.7 Å². The zero-order valence-electron chi connectivity index (χ0n) is 15.2. The average Bonchev–Trinajstić information content (AvgIpc) is 2.67. The lowest BCUT2D eigenvalue weighted by Gasteiger charge is -2.11. The van der Waals surface area contributed by atoms with Crippen LogP contribution in [0.5, 0.6) is 17.2 Å². The highest BCUT2D eigenvalue weighted by Crippen LogP contribution is 2.22. The predicted octanol–water partition coefficient (Wildman–Crippen LogP) is 5.09. The normalized spacial score (nSPS) is 10.6. The van der Waals surface area contributed by atoms with Crippen molar-refractivity contribution in [2.24, 2.45) is 0 Å². The molecule has 0 bridgehead atoms. The lowest BCUT2D eigenvalue weighted by molar-refractivity contribution is 0.415. The largest absolute Gasteiger partial charge is 0.508 e. The number of thiocarbonyl (C=S) groups is 1. The number of anilines is 2. The number of hydrogen-bond acceptors (Lipinski definition) is 4. The summed E-state index contributed by atoms with van der Waals surface area (Å²) >= 11 is 5.34. The highest BCUT2D eigenvalue weighted by molar-refractivity contribution is 7.80. The highest BCUT2D eigenvalue weighted by Gasteiger charge is 2.00. The van der Waals surface area contributed by atoms with Crippen molar-refractivity contribution in [2.45, 2.75) is 0 Å². The van der Waals surface area contributed by atoms with E-state index in [9.17, 15) is 10.2 Å². The van der Waals surface area contributed by atoms with Crippen molar-refractivity contribution in [3.05, 3.63) is 77.9 Å². The molecule has 0 heterocycles. The van der Waals surface area contributed by atoms with Gasteiger partial charge in [-0.3, -0.25) is 0 Å². The van der Waals surface area contributed by atoms with E-state index in [-0.39, 0.29) is 11.5 Å². The van der Waals surface area contributed by atoms with Crippen LogP contribution in [0.4, 0.5) is 11.4 Å². The Hall–Kier alpha value is -3.51. The van der Waals surface area contributed by atoms with Gasteiger partial charge in [0.2, 0.25) is 0 Å². The molecule has 0 aromatic heterocycles. The van der Waals surface area contributed by atoms with Crippen LogP contribution in [0.2, 0.25) is 0 Å². The van der Waals surface area contributed by atoms with E-state index in [0.29, 0.717) is 10.7 Å². The van der Waals surface area contributed by atoms with Crippen LogP contribution < -0.4 is 15.4 Å². The van der Waals surface area contributed by atoms with Crippen LogP contribution in [0.3, 0.4) is 0 Å². The second-order valence-corrected chi connectivity index (χ2v) is 6.45. The maximum Gasteiger partial charge on any atom is 0.175 e. The molecule has 0 radical (unpaired) electrons. The number of nitrogens with one attached hydrogen (secondary N) is 2. The van der Waals surface area contributed by atoms with Crippen molar-refractivity contribution in [3.63, 3.8) is 0 Å². The Morgan fingerprint density at radius 3 is 1.82 bits per heavy atom. The summed E-state index contributed by atoms with van der Waals surface area (Å²) in [6.07, 6.45) is 3.71. The first-order valence-electron chi connectivity index (χ1n) is 8.55. The molecule has 0 fully saturated rings. The van der Waals surface area contributed by atoms with E-state index in [1.54, 1.807) is 19.2 Å². The Balaban J connectivity index is 1.58. The lowest BCUT2D eigenvalue weighted by atomic mass is 10.1. The summed E-state index contributed by atoms with van der Waals surface area (Å²) in [4.78, 5) is 0. The van der Waals surface area contributed by atoms with Crippen molar-refractivity contribution in [1.82, 2.24) is 0 Å². The van der Waals surface area contributed by atoms with Gasteiger partial charge in [0.05, 0.1) is 7.11 Å². The van der Waals surface area contributed by atoms with Gasteiger partial charge in [-0.2, -0.15) is 0 Å². The Morgan fingerprint density at radius 1 is 0.786 bits per heavy atom. The molecule has 3 rings (SSSR count). The van der Waals surface area contributed by atoms with Gasteiger partial charge < -0.3 is 25.6 Å². The maximum absolute atomic E-state index is 9.52. The summed E-state index contributed by atoms with van der Waals surface area (Å²) in [5.41, 5.74) is 3.41. The molecule has 3 aromatic rings. The highest BCUT2D eigenvalue weighted by atomic mass is 32.1. The summed E-state index contributed by atoms with van der Waals surface area (Å²) in [6, 6.07) is 19.7. The second-order valence-electron chi connectivity index (χ2n) is 6.05. The smallest absolute Gasteiger partial charge is 0.175 e. The van der Waals surface area contributed by atoms with E-state index in [1.807, 2.05) is 60.7 Å². The maximum atomic E-state index is 9.52. The Bertz CT molecular complexity index is 963. The fourth-order valence-corrected chi connectivity index (χ4v) is 2.79. The molecule has 5 nitrogen and oxygen atoms in total. The molecule has 0 unspecified atom stereocenters. The van der Waals surface area contributed by atoms with Crippen molar-refractivity contribution < 1.29 is 14.9 Å². The zero-order chi connectivity index (χ0) is 19.9. The molecule has 0 amide bonds. The van der Waals surface area contributed by atoms with E-state index < -0.39 is 0 Å². The van der Waals surface area contributed by atoms with Gasteiger partial charge in [0.1, 0.15) is 17.2 Å². The van der Waals surface area contributed by atoms with Gasteiger partial charge in [0.25, 0.3) is 0 Å². The predicted molar refractivity (Wildman–Crippen MR) is 118 cm³/mol. The minimum absolute atomic E-state index is 0.0251. The number of rotatable bonds is 5. The van der Waals surface area contributed by atoms with Crippen molar-refractivity contribution in [2.75, 3.05) is 17.7 Å². The van der Waals surface area contributed by atoms with Crippen LogP contribution in [-0.4, -0.2) is 22.4 Å². The van der Waals surface area contributed by atoms with Crippen LogP contribution in [0.1, 0.15) is 11.1 Å². The average molecular weight is 392 g/mol. The fraction of sp³-hybridized carbons (Fsp3) is 0.0455. The van der Waals surface area contributed by atoms with Crippen molar-refractivity contribution in [1.29, 1.82) is 0 Å². The van der Waals surface area contributed by atoms with Crippen LogP contribution >= 0.6 is 12.2 Å². The third-order valence-corrected chi connectivity index (χ3v) is 4.11.